The Balaban J connectivity index is 1.67. The Morgan fingerprint density at radius 2 is 2.00 bits per heavy atom. The van der Waals surface area contributed by atoms with E-state index < -0.39 is 0 Å². The van der Waals surface area contributed by atoms with Gasteiger partial charge in [-0.25, -0.2) is 0 Å². The van der Waals surface area contributed by atoms with Gasteiger partial charge in [0.15, 0.2) is 0 Å². The Hall–Kier alpha value is -2.52. The molecular weight excluding hydrogens is 310 g/mol. The minimum absolute atomic E-state index is 0.0922. The number of para-hydroxylation sites is 1. The van der Waals surface area contributed by atoms with E-state index in [1.807, 2.05) is 54.6 Å². The number of benzene rings is 2. The summed E-state index contributed by atoms with van der Waals surface area (Å²) < 4.78 is 5.66. The molecule has 1 amide bonds. The molecule has 0 fully saturated rings. The van der Waals surface area contributed by atoms with Crippen molar-refractivity contribution < 1.29 is 9.21 Å². The van der Waals surface area contributed by atoms with Crippen LogP contribution in [-0.2, 0) is 11.3 Å². The quantitative estimate of drug-likeness (QED) is 0.648. The summed E-state index contributed by atoms with van der Waals surface area (Å²) in [4.78, 5) is 13.8. The van der Waals surface area contributed by atoms with Gasteiger partial charge in [0.1, 0.15) is 11.3 Å². The standard InChI is InChI=1S/C19H16ClNO2/c1-21(13-14-5-4-7-16(20)11-14)19(22)10-9-17-12-15-6-2-3-8-18(15)23-17/h2-12H,13H2,1H3/b10-9+. The fraction of sp³-hybridized carbons (Fsp3) is 0.105. The molecule has 2 aromatic carbocycles. The van der Waals surface area contributed by atoms with E-state index in [1.54, 1.807) is 18.0 Å². The molecule has 0 saturated carbocycles. The van der Waals surface area contributed by atoms with Crippen molar-refractivity contribution in [3.63, 3.8) is 0 Å². The van der Waals surface area contributed by atoms with E-state index in [9.17, 15) is 4.79 Å². The monoisotopic (exact) mass is 325 g/mol. The summed E-state index contributed by atoms with van der Waals surface area (Å²) >= 11 is 5.96. The zero-order chi connectivity index (χ0) is 16.2. The number of fused-ring (bicyclic) bond motifs is 1. The van der Waals surface area contributed by atoms with E-state index in [-0.39, 0.29) is 5.91 Å². The summed E-state index contributed by atoms with van der Waals surface area (Å²) in [5.41, 5.74) is 1.80. The molecule has 3 aromatic rings. The normalized spacial score (nSPS) is 11.2. The lowest BCUT2D eigenvalue weighted by Gasteiger charge is -2.15. The molecular formula is C19H16ClNO2. The number of furan rings is 1. The topological polar surface area (TPSA) is 33.5 Å². The lowest BCUT2D eigenvalue weighted by atomic mass is 10.2. The van der Waals surface area contributed by atoms with Crippen LogP contribution < -0.4 is 0 Å². The van der Waals surface area contributed by atoms with Gasteiger partial charge in [0.2, 0.25) is 5.91 Å². The molecule has 0 aliphatic carbocycles. The number of hydrogen-bond donors (Lipinski definition) is 0. The fourth-order valence-corrected chi connectivity index (χ4v) is 2.57. The third kappa shape index (κ3) is 3.82. The van der Waals surface area contributed by atoms with Gasteiger partial charge in [0.05, 0.1) is 0 Å². The first kappa shape index (κ1) is 15.4. The number of carbonyl (C=O) groups excluding carboxylic acids is 1. The number of amides is 1. The van der Waals surface area contributed by atoms with Crippen molar-refractivity contribution in [3.05, 3.63) is 77.0 Å². The predicted molar refractivity (Wildman–Crippen MR) is 93.2 cm³/mol. The van der Waals surface area contributed by atoms with E-state index in [2.05, 4.69) is 0 Å². The van der Waals surface area contributed by atoms with Crippen LogP contribution in [0.5, 0.6) is 0 Å². The molecule has 0 aliphatic rings. The number of nitrogens with zero attached hydrogens (tertiary/aromatic N) is 1. The Morgan fingerprint density at radius 3 is 2.78 bits per heavy atom. The van der Waals surface area contributed by atoms with E-state index in [0.29, 0.717) is 17.3 Å². The van der Waals surface area contributed by atoms with Crippen molar-refractivity contribution >= 4 is 34.6 Å². The average Bonchev–Trinajstić information content (AvgIpc) is 2.95. The highest BCUT2D eigenvalue weighted by atomic mass is 35.5. The van der Waals surface area contributed by atoms with Crippen molar-refractivity contribution in [3.8, 4) is 0 Å². The van der Waals surface area contributed by atoms with E-state index in [4.69, 9.17) is 16.0 Å². The number of likely N-dealkylation sites (N-methyl/N-ethyl adjacent to an activating group) is 1. The minimum Gasteiger partial charge on any atom is -0.457 e. The van der Waals surface area contributed by atoms with E-state index in [0.717, 1.165) is 16.5 Å². The second-order valence-electron chi connectivity index (χ2n) is 5.34. The highest BCUT2D eigenvalue weighted by Gasteiger charge is 2.07. The molecule has 1 heterocycles. The van der Waals surface area contributed by atoms with Crippen molar-refractivity contribution in [2.45, 2.75) is 6.54 Å². The molecule has 1 aromatic heterocycles. The maximum absolute atomic E-state index is 12.2. The molecule has 0 N–H and O–H groups in total. The van der Waals surface area contributed by atoms with Crippen LogP contribution in [0.2, 0.25) is 5.02 Å². The van der Waals surface area contributed by atoms with Gasteiger partial charge in [-0.3, -0.25) is 4.79 Å². The maximum atomic E-state index is 12.2. The molecule has 0 unspecified atom stereocenters. The number of carbonyl (C=O) groups is 1. The Labute approximate surface area is 139 Å². The summed E-state index contributed by atoms with van der Waals surface area (Å²) in [6.45, 7) is 0.504. The highest BCUT2D eigenvalue weighted by Crippen LogP contribution is 2.19. The molecule has 0 aliphatic heterocycles. The first-order valence-corrected chi connectivity index (χ1v) is 7.66. The lowest BCUT2D eigenvalue weighted by molar-refractivity contribution is -0.125. The van der Waals surface area contributed by atoms with Crippen molar-refractivity contribution in [2.75, 3.05) is 7.05 Å². The molecule has 3 nitrogen and oxygen atoms in total. The van der Waals surface area contributed by atoms with E-state index in [1.165, 1.54) is 6.08 Å². The Morgan fingerprint density at radius 1 is 1.17 bits per heavy atom. The maximum Gasteiger partial charge on any atom is 0.246 e. The molecule has 0 atom stereocenters. The third-order valence-electron chi connectivity index (χ3n) is 3.52. The smallest absolute Gasteiger partial charge is 0.246 e. The van der Waals surface area contributed by atoms with Crippen molar-refractivity contribution in [1.82, 2.24) is 4.90 Å². The summed E-state index contributed by atoms with van der Waals surface area (Å²) in [6.07, 6.45) is 3.21. The zero-order valence-corrected chi connectivity index (χ0v) is 13.5. The Bertz CT molecular complexity index is 833. The van der Waals surface area contributed by atoms with Gasteiger partial charge >= 0.3 is 0 Å². The van der Waals surface area contributed by atoms with Crippen LogP contribution in [0.15, 0.2) is 65.1 Å². The summed E-state index contributed by atoms with van der Waals surface area (Å²) in [6, 6.07) is 17.2. The molecule has 0 radical (unpaired) electrons. The first-order valence-electron chi connectivity index (χ1n) is 7.28. The first-order chi connectivity index (χ1) is 11.1. The molecule has 3 rings (SSSR count). The van der Waals surface area contributed by atoms with Gasteiger partial charge in [0.25, 0.3) is 0 Å². The van der Waals surface area contributed by atoms with Crippen molar-refractivity contribution in [1.29, 1.82) is 0 Å². The Kier molecular flexibility index (Phi) is 4.49. The second-order valence-corrected chi connectivity index (χ2v) is 5.78. The average molecular weight is 326 g/mol. The third-order valence-corrected chi connectivity index (χ3v) is 3.75. The number of hydrogen-bond acceptors (Lipinski definition) is 2. The predicted octanol–water partition coefficient (Wildman–Crippen LogP) is 4.76. The van der Waals surface area contributed by atoms with Gasteiger partial charge < -0.3 is 9.32 Å². The van der Waals surface area contributed by atoms with Gasteiger partial charge in [-0.15, -0.1) is 0 Å². The molecule has 23 heavy (non-hydrogen) atoms. The summed E-state index contributed by atoms with van der Waals surface area (Å²) in [7, 11) is 1.76. The van der Waals surface area contributed by atoms with Crippen LogP contribution in [0.1, 0.15) is 11.3 Å². The molecule has 4 heteroatoms. The SMILES string of the molecule is CN(Cc1cccc(Cl)c1)C(=O)/C=C/c1cc2ccccc2o1. The zero-order valence-electron chi connectivity index (χ0n) is 12.7. The van der Waals surface area contributed by atoms with Gasteiger partial charge in [0, 0.05) is 30.1 Å². The molecule has 0 saturated heterocycles. The summed E-state index contributed by atoms with van der Waals surface area (Å²) in [5, 5.41) is 1.69. The fourth-order valence-electron chi connectivity index (χ4n) is 2.35. The van der Waals surface area contributed by atoms with Crippen LogP contribution in [0.4, 0.5) is 0 Å². The van der Waals surface area contributed by atoms with Gasteiger partial charge in [-0.2, -0.15) is 0 Å². The van der Waals surface area contributed by atoms with Gasteiger partial charge in [-0.1, -0.05) is 41.9 Å². The van der Waals surface area contributed by atoms with Gasteiger partial charge in [-0.05, 0) is 35.9 Å². The molecule has 0 spiro atoms. The largest absolute Gasteiger partial charge is 0.457 e. The van der Waals surface area contributed by atoms with E-state index >= 15 is 0 Å². The van der Waals surface area contributed by atoms with Crippen LogP contribution in [-0.4, -0.2) is 17.9 Å². The summed E-state index contributed by atoms with van der Waals surface area (Å²) in [5.74, 6) is 0.570. The second kappa shape index (κ2) is 6.71. The highest BCUT2D eigenvalue weighted by molar-refractivity contribution is 6.30. The number of halogens is 1. The molecule has 0 bridgehead atoms. The molecule has 116 valence electrons. The lowest BCUT2D eigenvalue weighted by Crippen LogP contribution is -2.24. The van der Waals surface area contributed by atoms with Crippen LogP contribution >= 0.6 is 11.6 Å². The van der Waals surface area contributed by atoms with Crippen molar-refractivity contribution in [2.24, 2.45) is 0 Å². The van der Waals surface area contributed by atoms with Crippen LogP contribution in [0, 0.1) is 0 Å². The van der Waals surface area contributed by atoms with Crippen LogP contribution in [0.3, 0.4) is 0 Å². The van der Waals surface area contributed by atoms with Crippen LogP contribution in [0.25, 0.3) is 17.0 Å². The minimum atomic E-state index is -0.0922. The number of rotatable bonds is 4.